The van der Waals surface area contributed by atoms with Crippen LogP contribution in [0.4, 0.5) is 5.95 Å². The van der Waals surface area contributed by atoms with E-state index in [1.54, 1.807) is 0 Å². The molecule has 7 nitrogen and oxygen atoms in total. The van der Waals surface area contributed by atoms with Gasteiger partial charge in [0, 0.05) is 6.61 Å². The quantitative estimate of drug-likeness (QED) is 0.743. The highest BCUT2D eigenvalue weighted by Crippen LogP contribution is 2.19. The summed E-state index contributed by atoms with van der Waals surface area (Å²) in [5.74, 6) is 1.06. The van der Waals surface area contributed by atoms with E-state index in [9.17, 15) is 0 Å². The van der Waals surface area contributed by atoms with E-state index in [0.29, 0.717) is 36.2 Å². The molecule has 2 aromatic heterocycles. The Kier molecular flexibility index (Phi) is 3.93. The molecule has 0 unspecified atom stereocenters. The lowest BCUT2D eigenvalue weighted by Gasteiger charge is -2.08. The lowest BCUT2D eigenvalue weighted by molar-refractivity contribution is 0.0810. The Labute approximate surface area is 105 Å². The molecule has 0 aliphatic rings. The van der Waals surface area contributed by atoms with E-state index in [-0.39, 0.29) is 5.95 Å². The summed E-state index contributed by atoms with van der Waals surface area (Å²) in [7, 11) is 0. The standard InChI is InChI=1S/C11H17N5O2/c1-7(2)5-17-3-4-18-10-8-9(14-6-13-8)15-11(12)16-10/h6-7H,3-5H2,1-2H3,(H3,12,13,14,15,16). The van der Waals surface area contributed by atoms with Crippen LogP contribution in [-0.4, -0.2) is 39.8 Å². The summed E-state index contributed by atoms with van der Waals surface area (Å²) in [6.07, 6.45) is 1.53. The summed E-state index contributed by atoms with van der Waals surface area (Å²) in [5.41, 5.74) is 6.71. The van der Waals surface area contributed by atoms with Crippen LogP contribution in [0.2, 0.25) is 0 Å². The number of H-pyrrole nitrogens is 1. The Morgan fingerprint density at radius 1 is 1.33 bits per heavy atom. The number of aromatic nitrogens is 4. The van der Waals surface area contributed by atoms with Gasteiger partial charge in [-0.1, -0.05) is 13.8 Å². The van der Waals surface area contributed by atoms with Crippen molar-refractivity contribution < 1.29 is 9.47 Å². The third-order valence-electron chi connectivity index (χ3n) is 2.19. The molecule has 0 fully saturated rings. The third kappa shape index (κ3) is 3.07. The van der Waals surface area contributed by atoms with Crippen molar-refractivity contribution in [2.45, 2.75) is 13.8 Å². The van der Waals surface area contributed by atoms with Crippen LogP contribution in [0.3, 0.4) is 0 Å². The number of imidazole rings is 1. The third-order valence-corrected chi connectivity index (χ3v) is 2.19. The lowest BCUT2D eigenvalue weighted by Crippen LogP contribution is -2.11. The molecule has 0 atom stereocenters. The minimum Gasteiger partial charge on any atom is -0.474 e. The fraction of sp³-hybridized carbons (Fsp3) is 0.545. The van der Waals surface area contributed by atoms with Crippen molar-refractivity contribution in [3.8, 4) is 5.88 Å². The normalized spacial score (nSPS) is 11.3. The number of fused-ring (bicyclic) bond motifs is 1. The first kappa shape index (κ1) is 12.6. The SMILES string of the molecule is CC(C)COCCOc1nc(N)nc2nc[nH]c12. The van der Waals surface area contributed by atoms with Gasteiger partial charge < -0.3 is 20.2 Å². The van der Waals surface area contributed by atoms with Gasteiger partial charge in [-0.15, -0.1) is 0 Å². The van der Waals surface area contributed by atoms with Crippen LogP contribution in [0.15, 0.2) is 6.33 Å². The van der Waals surface area contributed by atoms with E-state index in [1.807, 2.05) is 0 Å². The van der Waals surface area contributed by atoms with Gasteiger partial charge in [0.05, 0.1) is 12.9 Å². The first-order valence-electron chi connectivity index (χ1n) is 5.84. The van der Waals surface area contributed by atoms with Gasteiger partial charge in [0.15, 0.2) is 5.65 Å². The average Bonchev–Trinajstić information content (AvgIpc) is 2.75. The second kappa shape index (κ2) is 5.63. The molecule has 0 aromatic carbocycles. The van der Waals surface area contributed by atoms with E-state index < -0.39 is 0 Å². The van der Waals surface area contributed by atoms with Gasteiger partial charge in [-0.25, -0.2) is 4.98 Å². The van der Waals surface area contributed by atoms with Crippen LogP contribution in [0, 0.1) is 5.92 Å². The molecule has 0 aliphatic carbocycles. The molecule has 0 radical (unpaired) electrons. The zero-order valence-electron chi connectivity index (χ0n) is 10.5. The average molecular weight is 251 g/mol. The maximum absolute atomic E-state index is 5.57. The first-order chi connectivity index (χ1) is 8.66. The summed E-state index contributed by atoms with van der Waals surface area (Å²) >= 11 is 0. The molecule has 2 aromatic rings. The van der Waals surface area contributed by atoms with Gasteiger partial charge in [0.2, 0.25) is 11.8 Å². The van der Waals surface area contributed by atoms with Gasteiger partial charge in [-0.3, -0.25) is 0 Å². The van der Waals surface area contributed by atoms with Crippen molar-refractivity contribution in [2.75, 3.05) is 25.6 Å². The van der Waals surface area contributed by atoms with Crippen molar-refractivity contribution in [3.05, 3.63) is 6.33 Å². The minimum absolute atomic E-state index is 0.146. The summed E-state index contributed by atoms with van der Waals surface area (Å²) < 4.78 is 10.9. The van der Waals surface area contributed by atoms with Gasteiger partial charge >= 0.3 is 0 Å². The molecule has 0 aliphatic heterocycles. The minimum atomic E-state index is 0.146. The Bertz CT molecular complexity index is 511. The molecule has 7 heteroatoms. The van der Waals surface area contributed by atoms with Gasteiger partial charge in [-0.2, -0.15) is 9.97 Å². The number of nitrogens with zero attached hydrogens (tertiary/aromatic N) is 3. The second-order valence-corrected chi connectivity index (χ2v) is 4.31. The highest BCUT2D eigenvalue weighted by Gasteiger charge is 2.09. The number of nitrogen functional groups attached to an aromatic ring is 1. The highest BCUT2D eigenvalue weighted by molar-refractivity contribution is 5.76. The lowest BCUT2D eigenvalue weighted by atomic mass is 10.2. The zero-order valence-corrected chi connectivity index (χ0v) is 10.5. The maximum atomic E-state index is 5.57. The Morgan fingerprint density at radius 2 is 2.17 bits per heavy atom. The molecule has 0 saturated heterocycles. The predicted octanol–water partition coefficient (Wildman–Crippen LogP) is 0.986. The van der Waals surface area contributed by atoms with Gasteiger partial charge in [0.1, 0.15) is 12.1 Å². The van der Waals surface area contributed by atoms with Crippen molar-refractivity contribution in [1.82, 2.24) is 19.9 Å². The largest absolute Gasteiger partial charge is 0.474 e. The van der Waals surface area contributed by atoms with Crippen LogP contribution in [0.1, 0.15) is 13.8 Å². The Balaban J connectivity index is 1.93. The van der Waals surface area contributed by atoms with Crippen LogP contribution >= 0.6 is 0 Å². The molecule has 0 spiro atoms. The highest BCUT2D eigenvalue weighted by atomic mass is 16.5. The summed E-state index contributed by atoms with van der Waals surface area (Å²) in [6.45, 7) is 5.84. The van der Waals surface area contributed by atoms with Gasteiger partial charge in [0.25, 0.3) is 0 Å². The van der Waals surface area contributed by atoms with E-state index in [4.69, 9.17) is 15.2 Å². The molecule has 2 rings (SSSR count). The molecule has 98 valence electrons. The number of anilines is 1. The molecule has 0 bridgehead atoms. The zero-order chi connectivity index (χ0) is 13.0. The smallest absolute Gasteiger partial charge is 0.245 e. The summed E-state index contributed by atoms with van der Waals surface area (Å²) in [4.78, 5) is 14.9. The number of aromatic amines is 1. The number of hydrogen-bond acceptors (Lipinski definition) is 6. The molecule has 0 saturated carbocycles. The van der Waals surface area contributed by atoms with Gasteiger partial charge in [-0.05, 0) is 5.92 Å². The van der Waals surface area contributed by atoms with E-state index in [2.05, 4.69) is 33.8 Å². The molecule has 18 heavy (non-hydrogen) atoms. The number of nitrogens with one attached hydrogen (secondary N) is 1. The Hall–Kier alpha value is -1.89. The Morgan fingerprint density at radius 3 is 2.94 bits per heavy atom. The summed E-state index contributed by atoms with van der Waals surface area (Å²) in [5, 5.41) is 0. The van der Waals surface area contributed by atoms with E-state index in [1.165, 1.54) is 6.33 Å². The second-order valence-electron chi connectivity index (χ2n) is 4.31. The number of hydrogen-bond donors (Lipinski definition) is 2. The predicted molar refractivity (Wildman–Crippen MR) is 67.2 cm³/mol. The van der Waals surface area contributed by atoms with Crippen LogP contribution in [0.5, 0.6) is 5.88 Å². The molecule has 3 N–H and O–H groups in total. The summed E-state index contributed by atoms with van der Waals surface area (Å²) in [6, 6.07) is 0. The van der Waals surface area contributed by atoms with Crippen molar-refractivity contribution in [3.63, 3.8) is 0 Å². The molecule has 0 amide bonds. The fourth-order valence-electron chi connectivity index (χ4n) is 1.44. The maximum Gasteiger partial charge on any atom is 0.245 e. The van der Waals surface area contributed by atoms with E-state index in [0.717, 1.165) is 6.61 Å². The topological polar surface area (TPSA) is 98.9 Å². The number of nitrogens with two attached hydrogens (primary N) is 1. The van der Waals surface area contributed by atoms with E-state index >= 15 is 0 Å². The van der Waals surface area contributed by atoms with Crippen molar-refractivity contribution in [1.29, 1.82) is 0 Å². The first-order valence-corrected chi connectivity index (χ1v) is 5.84. The van der Waals surface area contributed by atoms with Crippen LogP contribution in [0.25, 0.3) is 11.2 Å². The molecular weight excluding hydrogens is 234 g/mol. The monoisotopic (exact) mass is 251 g/mol. The van der Waals surface area contributed by atoms with Crippen LogP contribution < -0.4 is 10.5 Å². The fourth-order valence-corrected chi connectivity index (χ4v) is 1.44. The molecular formula is C11H17N5O2. The number of ether oxygens (including phenoxy) is 2. The van der Waals surface area contributed by atoms with Crippen molar-refractivity contribution >= 4 is 17.1 Å². The van der Waals surface area contributed by atoms with Crippen molar-refractivity contribution in [2.24, 2.45) is 5.92 Å². The number of rotatable bonds is 6. The molecule has 2 heterocycles. The van der Waals surface area contributed by atoms with Crippen LogP contribution in [-0.2, 0) is 4.74 Å².